The predicted molar refractivity (Wildman–Crippen MR) is 134 cm³/mol. The molecule has 3 aromatic rings. The number of carbonyl (C=O) groups excluding carboxylic acids is 1. The lowest BCUT2D eigenvalue weighted by atomic mass is 10.1. The summed E-state index contributed by atoms with van der Waals surface area (Å²) in [5.41, 5.74) is 2.05. The third-order valence-corrected chi connectivity index (χ3v) is 5.95. The van der Waals surface area contributed by atoms with Crippen molar-refractivity contribution in [3.05, 3.63) is 60.9 Å². The molecule has 1 aliphatic heterocycles. The van der Waals surface area contributed by atoms with Crippen molar-refractivity contribution in [2.24, 2.45) is 0 Å². The molecule has 1 fully saturated rings. The van der Waals surface area contributed by atoms with E-state index in [1.807, 2.05) is 30.1 Å². The number of anilines is 2. The van der Waals surface area contributed by atoms with Crippen molar-refractivity contribution in [3.8, 4) is 17.6 Å². The van der Waals surface area contributed by atoms with Gasteiger partial charge in [0.15, 0.2) is 11.5 Å². The number of methoxy groups -OCH3 is 1. The van der Waals surface area contributed by atoms with Crippen LogP contribution in [0.1, 0.15) is 18.9 Å². The summed E-state index contributed by atoms with van der Waals surface area (Å²) < 4.78 is 11.7. The van der Waals surface area contributed by atoms with Crippen molar-refractivity contribution in [1.82, 2.24) is 15.0 Å². The van der Waals surface area contributed by atoms with E-state index in [1.165, 1.54) is 0 Å². The van der Waals surface area contributed by atoms with Gasteiger partial charge >= 0.3 is 0 Å². The first-order chi connectivity index (χ1) is 17.1. The zero-order valence-electron chi connectivity index (χ0n) is 19.9. The van der Waals surface area contributed by atoms with Crippen LogP contribution in [-0.2, 0) is 4.79 Å². The van der Waals surface area contributed by atoms with Crippen LogP contribution >= 0.6 is 0 Å². The Morgan fingerprint density at radius 2 is 1.91 bits per heavy atom. The average Bonchev–Trinajstić information content (AvgIpc) is 2.89. The van der Waals surface area contributed by atoms with E-state index in [2.05, 4.69) is 27.5 Å². The van der Waals surface area contributed by atoms with E-state index in [0.29, 0.717) is 43.2 Å². The first-order valence-electron chi connectivity index (χ1n) is 11.4. The number of piperazine rings is 1. The fourth-order valence-electron chi connectivity index (χ4n) is 4.16. The maximum absolute atomic E-state index is 11.9. The van der Waals surface area contributed by atoms with Crippen molar-refractivity contribution in [1.29, 1.82) is 5.26 Å². The number of hydrazine groups is 1. The van der Waals surface area contributed by atoms with Crippen molar-refractivity contribution in [3.63, 3.8) is 0 Å². The smallest absolute Gasteiger partial charge is 0.228 e. The number of benzene rings is 2. The van der Waals surface area contributed by atoms with Gasteiger partial charge in [-0.2, -0.15) is 5.26 Å². The Morgan fingerprint density at radius 3 is 2.54 bits per heavy atom. The molecule has 35 heavy (non-hydrogen) atoms. The molecule has 1 amide bonds. The van der Waals surface area contributed by atoms with Gasteiger partial charge in [0, 0.05) is 44.1 Å². The van der Waals surface area contributed by atoms with Crippen LogP contribution in [-0.4, -0.2) is 60.8 Å². The van der Waals surface area contributed by atoms with Gasteiger partial charge in [-0.25, -0.2) is 20.0 Å². The van der Waals surface area contributed by atoms with Crippen molar-refractivity contribution >= 4 is 28.8 Å². The molecule has 1 atom stereocenters. The minimum absolute atomic E-state index is 0.0369. The first-order valence-corrected chi connectivity index (χ1v) is 11.4. The van der Waals surface area contributed by atoms with Gasteiger partial charge in [0.2, 0.25) is 6.41 Å². The van der Waals surface area contributed by atoms with Crippen LogP contribution in [0.2, 0.25) is 0 Å². The van der Waals surface area contributed by atoms with Crippen LogP contribution in [0.3, 0.4) is 0 Å². The highest BCUT2D eigenvalue weighted by Gasteiger charge is 2.25. The van der Waals surface area contributed by atoms with Crippen molar-refractivity contribution in [2.75, 3.05) is 43.2 Å². The Bertz CT molecular complexity index is 1230. The number of hydrogen-bond acceptors (Lipinski definition) is 8. The van der Waals surface area contributed by atoms with E-state index >= 15 is 0 Å². The summed E-state index contributed by atoms with van der Waals surface area (Å²) in [5, 5.41) is 13.5. The molecule has 1 aromatic heterocycles. The molecule has 0 bridgehead atoms. The SMILES string of the molecule is C=CCC(C)Oc1cc2ncnc(N3CCN(N(C=O)c4ccc(C#N)cc4)CC3)c2cc1OC. The molecule has 180 valence electrons. The van der Waals surface area contributed by atoms with E-state index in [-0.39, 0.29) is 6.10 Å². The topological polar surface area (TPSA) is 94.8 Å². The second-order valence-corrected chi connectivity index (χ2v) is 8.22. The zero-order valence-corrected chi connectivity index (χ0v) is 19.9. The number of fused-ring (bicyclic) bond motifs is 1. The van der Waals surface area contributed by atoms with Gasteiger partial charge in [-0.1, -0.05) is 6.08 Å². The molecule has 0 radical (unpaired) electrons. The number of carbonyl (C=O) groups is 1. The largest absolute Gasteiger partial charge is 0.493 e. The normalized spacial score (nSPS) is 14.7. The molecule has 1 unspecified atom stereocenters. The number of aromatic nitrogens is 2. The number of rotatable bonds is 9. The summed E-state index contributed by atoms with van der Waals surface area (Å²) in [4.78, 5) is 23.1. The van der Waals surface area contributed by atoms with Gasteiger partial charge in [0.1, 0.15) is 12.1 Å². The quantitative estimate of drug-likeness (QED) is 0.345. The van der Waals surface area contributed by atoms with Crippen LogP contribution in [0.4, 0.5) is 11.5 Å². The average molecular weight is 473 g/mol. The summed E-state index contributed by atoms with van der Waals surface area (Å²) in [6.45, 7) is 8.35. The Balaban J connectivity index is 1.53. The van der Waals surface area contributed by atoms with Crippen LogP contribution in [0.15, 0.2) is 55.4 Å². The summed E-state index contributed by atoms with van der Waals surface area (Å²) in [7, 11) is 1.62. The molecule has 0 N–H and O–H groups in total. The predicted octanol–water partition coefficient (Wildman–Crippen LogP) is 3.55. The van der Waals surface area contributed by atoms with Gasteiger partial charge in [-0.05, 0) is 37.3 Å². The Hall–Kier alpha value is -4.16. The Morgan fingerprint density at radius 1 is 1.17 bits per heavy atom. The second kappa shape index (κ2) is 10.8. The molecule has 1 saturated heterocycles. The van der Waals surface area contributed by atoms with Crippen molar-refractivity contribution < 1.29 is 14.3 Å². The number of amides is 1. The van der Waals surface area contributed by atoms with Gasteiger partial charge in [0.25, 0.3) is 0 Å². The minimum atomic E-state index is -0.0369. The lowest BCUT2D eigenvalue weighted by molar-refractivity contribution is -0.110. The summed E-state index contributed by atoms with van der Waals surface area (Å²) in [5.74, 6) is 2.07. The van der Waals surface area contributed by atoms with Crippen LogP contribution in [0.5, 0.6) is 11.5 Å². The summed E-state index contributed by atoms with van der Waals surface area (Å²) in [6.07, 6.45) is 4.87. The van der Waals surface area contributed by atoms with Gasteiger partial charge in [-0.15, -0.1) is 6.58 Å². The monoisotopic (exact) mass is 472 g/mol. The molecule has 0 saturated carbocycles. The first kappa shape index (κ1) is 24.0. The molecular weight excluding hydrogens is 444 g/mol. The van der Waals surface area contributed by atoms with Crippen LogP contribution < -0.4 is 19.4 Å². The second-order valence-electron chi connectivity index (χ2n) is 8.22. The van der Waals surface area contributed by atoms with Crippen molar-refractivity contribution in [2.45, 2.75) is 19.4 Å². The van der Waals surface area contributed by atoms with Gasteiger partial charge in [-0.3, -0.25) is 4.79 Å². The lowest BCUT2D eigenvalue weighted by Gasteiger charge is -2.40. The maximum atomic E-state index is 11.9. The maximum Gasteiger partial charge on any atom is 0.228 e. The van der Waals surface area contributed by atoms with Crippen LogP contribution in [0, 0.1) is 11.3 Å². The van der Waals surface area contributed by atoms with E-state index in [0.717, 1.165) is 35.2 Å². The molecular formula is C26H28N6O3. The molecule has 1 aliphatic rings. The van der Waals surface area contributed by atoms with E-state index < -0.39 is 0 Å². The number of nitriles is 1. The third-order valence-electron chi connectivity index (χ3n) is 5.95. The summed E-state index contributed by atoms with van der Waals surface area (Å²) >= 11 is 0. The lowest BCUT2D eigenvalue weighted by Crippen LogP contribution is -2.54. The fraction of sp³-hybridized carbons (Fsp3) is 0.308. The molecule has 2 aromatic carbocycles. The fourth-order valence-corrected chi connectivity index (χ4v) is 4.16. The molecule has 9 heteroatoms. The molecule has 0 aliphatic carbocycles. The highest BCUT2D eigenvalue weighted by atomic mass is 16.5. The molecule has 4 rings (SSSR count). The van der Waals surface area contributed by atoms with Crippen LogP contribution in [0.25, 0.3) is 10.9 Å². The third kappa shape index (κ3) is 5.18. The minimum Gasteiger partial charge on any atom is -0.493 e. The van der Waals surface area contributed by atoms with E-state index in [4.69, 9.17) is 14.7 Å². The Labute approximate surface area is 204 Å². The standard InChI is InChI=1S/C26H28N6O3/c1-4-5-19(2)35-25-15-23-22(14-24(25)34-3)26(29-17-28-23)30-10-12-31(13-11-30)32(18-33)21-8-6-20(16-27)7-9-21/h4,6-9,14-15,17-19H,1,5,10-13H2,2-3H3. The molecule has 2 heterocycles. The number of ether oxygens (including phenoxy) is 2. The van der Waals surface area contributed by atoms with E-state index in [9.17, 15) is 4.79 Å². The number of nitrogens with zero attached hydrogens (tertiary/aromatic N) is 6. The number of hydrogen-bond donors (Lipinski definition) is 0. The highest BCUT2D eigenvalue weighted by molar-refractivity contribution is 5.92. The summed E-state index contributed by atoms with van der Waals surface area (Å²) in [6, 6.07) is 12.9. The Kier molecular flexibility index (Phi) is 7.43. The highest BCUT2D eigenvalue weighted by Crippen LogP contribution is 2.36. The zero-order chi connectivity index (χ0) is 24.8. The van der Waals surface area contributed by atoms with E-state index in [1.54, 1.807) is 42.7 Å². The van der Waals surface area contributed by atoms with Gasteiger partial charge < -0.3 is 14.4 Å². The molecule has 0 spiro atoms. The van der Waals surface area contributed by atoms with Gasteiger partial charge in [0.05, 0.1) is 36.1 Å². The molecule has 9 nitrogen and oxygen atoms in total.